The quantitative estimate of drug-likeness (QED) is 0.121. The fraction of sp³-hybridized carbons (Fsp3) is 0.250. The molecule has 0 bridgehead atoms. The van der Waals surface area contributed by atoms with Crippen molar-refractivity contribution in [2.75, 3.05) is 9.80 Å². The first kappa shape index (κ1) is 45.1. The normalized spacial score (nSPS) is 15.2. The van der Waals surface area contributed by atoms with E-state index in [9.17, 15) is 0 Å². The molecule has 366 valence electrons. The van der Waals surface area contributed by atoms with E-state index in [4.69, 9.17) is 0 Å². The molecule has 0 saturated heterocycles. The van der Waals surface area contributed by atoms with Gasteiger partial charge in [0.05, 0.1) is 11.4 Å². The van der Waals surface area contributed by atoms with Crippen molar-refractivity contribution in [2.24, 2.45) is 0 Å². The molecule has 0 aromatic heterocycles. The van der Waals surface area contributed by atoms with Gasteiger partial charge in [-0.15, -0.1) is 0 Å². The molecule has 0 N–H and O–H groups in total. The highest BCUT2D eigenvalue weighted by molar-refractivity contribution is 7.00. The Morgan fingerprint density at radius 1 is 0.360 bits per heavy atom. The summed E-state index contributed by atoms with van der Waals surface area (Å²) in [6, 6.07) is 64.0. The first-order valence-corrected chi connectivity index (χ1v) is 28.4. The topological polar surface area (TPSA) is 6.48 Å². The second kappa shape index (κ2) is 16.6. The van der Waals surface area contributed by atoms with Crippen molar-refractivity contribution in [1.82, 2.24) is 0 Å². The van der Waals surface area contributed by atoms with Crippen LogP contribution < -0.4 is 26.2 Å². The van der Waals surface area contributed by atoms with E-state index in [1.54, 1.807) is 33.4 Å². The van der Waals surface area contributed by atoms with Gasteiger partial charge in [0.1, 0.15) is 0 Å². The van der Waals surface area contributed by atoms with Crippen molar-refractivity contribution in [3.63, 3.8) is 0 Å². The summed E-state index contributed by atoms with van der Waals surface area (Å²) in [5.74, 6) is 0. The van der Waals surface area contributed by atoms with Crippen LogP contribution in [0.15, 0.2) is 164 Å². The lowest BCUT2D eigenvalue weighted by atomic mass is 9.32. The van der Waals surface area contributed by atoms with Crippen molar-refractivity contribution in [3.8, 4) is 0 Å². The third-order valence-corrected chi connectivity index (χ3v) is 19.4. The minimum Gasteiger partial charge on any atom is -0.311 e. The lowest BCUT2D eigenvalue weighted by Gasteiger charge is -2.48. The summed E-state index contributed by atoms with van der Waals surface area (Å²) >= 11 is 0. The van der Waals surface area contributed by atoms with Gasteiger partial charge in [-0.05, 0) is 203 Å². The molecule has 4 aliphatic rings. The van der Waals surface area contributed by atoms with E-state index in [1.165, 1.54) is 141 Å². The molecule has 11 aromatic rings. The van der Waals surface area contributed by atoms with Crippen LogP contribution in [0.5, 0.6) is 0 Å². The first-order chi connectivity index (χ1) is 36.7. The molecular weight excluding hydrogens is 904 g/mol. The van der Waals surface area contributed by atoms with Gasteiger partial charge in [0.2, 0.25) is 0 Å². The van der Waals surface area contributed by atoms with Crippen LogP contribution >= 0.6 is 0 Å². The van der Waals surface area contributed by atoms with Crippen molar-refractivity contribution in [2.45, 2.75) is 117 Å². The first-order valence-electron chi connectivity index (χ1n) is 28.4. The molecule has 2 nitrogen and oxygen atoms in total. The number of nitrogens with zero attached hydrogens (tertiary/aromatic N) is 2. The predicted molar refractivity (Wildman–Crippen MR) is 325 cm³/mol. The van der Waals surface area contributed by atoms with Gasteiger partial charge in [-0.2, -0.15) is 0 Å². The predicted octanol–water partition coefficient (Wildman–Crippen LogP) is 17.8. The highest BCUT2D eigenvalue weighted by Crippen LogP contribution is 2.54. The van der Waals surface area contributed by atoms with Crippen molar-refractivity contribution in [1.29, 1.82) is 0 Å². The number of benzene rings is 11. The molecule has 3 heteroatoms. The van der Waals surface area contributed by atoms with Crippen LogP contribution in [-0.2, 0) is 36.5 Å². The molecule has 0 spiro atoms. The summed E-state index contributed by atoms with van der Waals surface area (Å²) in [4.78, 5) is 5.62. The lowest BCUT2D eigenvalue weighted by Crippen LogP contribution is -2.62. The number of anilines is 6. The van der Waals surface area contributed by atoms with Crippen LogP contribution in [0.1, 0.15) is 113 Å². The summed E-state index contributed by atoms with van der Waals surface area (Å²) < 4.78 is 0. The summed E-state index contributed by atoms with van der Waals surface area (Å²) in [6.07, 6.45) is 11.5. The van der Waals surface area contributed by atoms with Crippen LogP contribution in [0.3, 0.4) is 0 Å². The summed E-state index contributed by atoms with van der Waals surface area (Å²) in [6.45, 7) is 14.9. The van der Waals surface area contributed by atoms with Crippen molar-refractivity contribution < 1.29 is 0 Å². The Balaban J connectivity index is 1.14. The molecule has 2 heterocycles. The van der Waals surface area contributed by atoms with Gasteiger partial charge in [-0.1, -0.05) is 181 Å². The molecule has 0 atom stereocenters. The van der Waals surface area contributed by atoms with Gasteiger partial charge >= 0.3 is 0 Å². The van der Waals surface area contributed by atoms with Crippen LogP contribution in [0, 0.1) is 0 Å². The second-order valence-corrected chi connectivity index (χ2v) is 23.9. The molecular formula is C72H65BN2. The van der Waals surface area contributed by atoms with E-state index in [1.807, 2.05) is 0 Å². The van der Waals surface area contributed by atoms with Crippen molar-refractivity contribution in [3.05, 3.63) is 197 Å². The zero-order chi connectivity index (χ0) is 50.5. The van der Waals surface area contributed by atoms with E-state index < -0.39 is 0 Å². The zero-order valence-corrected chi connectivity index (χ0v) is 44.6. The molecule has 2 aliphatic carbocycles. The van der Waals surface area contributed by atoms with Crippen LogP contribution in [0.25, 0.3) is 64.6 Å². The van der Waals surface area contributed by atoms with E-state index in [2.05, 4.69) is 215 Å². The molecule has 0 unspecified atom stereocenters. The van der Waals surface area contributed by atoms with Gasteiger partial charge in [0.25, 0.3) is 6.71 Å². The average molecular weight is 969 g/mol. The number of rotatable bonds is 6. The Bertz CT molecular complexity index is 3890. The van der Waals surface area contributed by atoms with Crippen LogP contribution in [0.2, 0.25) is 0 Å². The molecule has 0 amide bonds. The third kappa shape index (κ3) is 6.28. The van der Waals surface area contributed by atoms with Crippen molar-refractivity contribution >= 4 is 122 Å². The van der Waals surface area contributed by atoms with E-state index in [-0.39, 0.29) is 17.5 Å². The molecule has 11 aromatic carbocycles. The van der Waals surface area contributed by atoms with E-state index in [0.717, 1.165) is 38.5 Å². The van der Waals surface area contributed by atoms with Crippen LogP contribution in [-0.4, -0.2) is 6.71 Å². The summed E-state index contributed by atoms with van der Waals surface area (Å²) in [7, 11) is 0. The fourth-order valence-corrected chi connectivity index (χ4v) is 15.1. The Morgan fingerprint density at radius 3 is 1.01 bits per heavy atom. The zero-order valence-electron chi connectivity index (χ0n) is 44.6. The number of hydrogen-bond donors (Lipinski definition) is 0. The minimum absolute atomic E-state index is 0.0111. The van der Waals surface area contributed by atoms with Gasteiger partial charge in [-0.3, -0.25) is 0 Å². The molecule has 0 fully saturated rings. The largest absolute Gasteiger partial charge is 0.311 e. The second-order valence-electron chi connectivity index (χ2n) is 23.9. The molecule has 75 heavy (non-hydrogen) atoms. The Kier molecular flexibility index (Phi) is 9.96. The third-order valence-electron chi connectivity index (χ3n) is 19.4. The highest BCUT2D eigenvalue weighted by Gasteiger charge is 2.48. The monoisotopic (exact) mass is 969 g/mol. The average Bonchev–Trinajstić information content (AvgIpc) is 3.55. The Hall–Kier alpha value is -7.36. The standard InChI is InChI=1S/C72H65BN2/c1-7-71(3,4)58-42-60-69(56-34-19-15-30-50(56)58)74(62-38-21-36-54-48-26-11-9-24-44(48)46-28-13-17-32-52(46)66(54)62)64-40-23-41-65-68(64)73(60)61-43-59(72(5,6)8-2)51-31-16-20-35-57(51)70(61)75(65)63-39-22-37-55-49-27-12-10-25-45(49)47-29-14-18-33-53(47)67(55)63/h9-14,17-18,21-29,32-33,36-43H,7-8,15-16,19-20,30-31,34-35H2,1-6H3. The van der Waals surface area contributed by atoms with E-state index in [0.29, 0.717) is 0 Å². The Labute approximate surface area is 443 Å². The van der Waals surface area contributed by atoms with Crippen LogP contribution in [0.4, 0.5) is 34.1 Å². The molecule has 15 rings (SSSR count). The van der Waals surface area contributed by atoms with Gasteiger partial charge < -0.3 is 9.80 Å². The fourth-order valence-electron chi connectivity index (χ4n) is 15.1. The number of hydrogen-bond acceptors (Lipinski definition) is 2. The molecule has 0 radical (unpaired) electrons. The maximum absolute atomic E-state index is 2.81. The highest BCUT2D eigenvalue weighted by atomic mass is 15.2. The molecule has 2 aliphatic heterocycles. The number of fused-ring (bicyclic) bond motifs is 20. The maximum Gasteiger partial charge on any atom is 0.252 e. The van der Waals surface area contributed by atoms with E-state index >= 15 is 0 Å². The summed E-state index contributed by atoms with van der Waals surface area (Å²) in [5.41, 5.74) is 22.0. The van der Waals surface area contributed by atoms with Gasteiger partial charge in [-0.25, -0.2) is 0 Å². The lowest BCUT2D eigenvalue weighted by molar-refractivity contribution is 0.496. The molecule has 0 saturated carbocycles. The smallest absolute Gasteiger partial charge is 0.252 e. The maximum atomic E-state index is 2.81. The Morgan fingerprint density at radius 2 is 0.653 bits per heavy atom. The van der Waals surface area contributed by atoms with Gasteiger partial charge in [0, 0.05) is 33.5 Å². The SMILES string of the molecule is CCC(C)(C)c1cc2c(c3c1CCCC3)N(c1cccc3c4ccccc4c4ccccc4c13)c1cccc3c1B2c1cc(C(C)(C)CC)c2c(c1N3c1cccc3c4ccccc4c4ccccc4c13)CCCC2. The minimum atomic E-state index is 0.0111. The van der Waals surface area contributed by atoms with Gasteiger partial charge in [0.15, 0.2) is 0 Å². The summed E-state index contributed by atoms with van der Waals surface area (Å²) in [5, 5.41) is 15.8.